The zero-order valence-corrected chi connectivity index (χ0v) is 21.8. The second kappa shape index (κ2) is 10.3. The molecular weight excluding hydrogens is 440 g/mol. The minimum absolute atomic E-state index is 0.0204. The van der Waals surface area contributed by atoms with E-state index in [0.29, 0.717) is 11.8 Å². The maximum Gasteiger partial charge on any atom is 0.234 e. The molecule has 0 spiro atoms. The first-order valence-corrected chi connectivity index (χ1v) is 13.3. The molecule has 1 saturated carbocycles. The summed E-state index contributed by atoms with van der Waals surface area (Å²) < 4.78 is 2.29. The van der Waals surface area contributed by atoms with Gasteiger partial charge in [-0.3, -0.25) is 9.36 Å². The number of aryl methyl sites for hydroxylation is 2. The summed E-state index contributed by atoms with van der Waals surface area (Å²) in [5.74, 6) is 1.19. The lowest BCUT2D eigenvalue weighted by atomic mass is 9.86. The standard InChI is InChI=1S/C28H36N4OS/c1-19-11-12-20(2)24(17-19)29-25(33)18-34-27-31-30-26(32(27)23-9-7-6-8-10-23)21-13-15-22(16-14-21)28(3,4)5/h11-17,23H,6-10,18H2,1-5H3,(H,29,33). The first-order valence-electron chi connectivity index (χ1n) is 12.3. The fourth-order valence-corrected chi connectivity index (χ4v) is 5.35. The van der Waals surface area contributed by atoms with Gasteiger partial charge in [-0.15, -0.1) is 10.2 Å². The van der Waals surface area contributed by atoms with E-state index in [9.17, 15) is 4.79 Å². The van der Waals surface area contributed by atoms with Crippen molar-refractivity contribution in [2.45, 2.75) is 83.3 Å². The van der Waals surface area contributed by atoms with E-state index in [1.807, 2.05) is 26.0 Å². The van der Waals surface area contributed by atoms with Gasteiger partial charge < -0.3 is 5.32 Å². The predicted molar refractivity (Wildman–Crippen MR) is 142 cm³/mol. The van der Waals surface area contributed by atoms with Gasteiger partial charge in [0.2, 0.25) is 5.91 Å². The normalized spacial score (nSPS) is 14.9. The van der Waals surface area contributed by atoms with Crippen LogP contribution in [0.1, 0.15) is 75.6 Å². The summed E-state index contributed by atoms with van der Waals surface area (Å²) in [4.78, 5) is 12.8. The van der Waals surface area contributed by atoms with E-state index in [1.54, 1.807) is 0 Å². The van der Waals surface area contributed by atoms with Gasteiger partial charge in [0, 0.05) is 17.3 Å². The van der Waals surface area contributed by atoms with Crippen molar-refractivity contribution in [1.82, 2.24) is 14.8 Å². The van der Waals surface area contributed by atoms with Crippen molar-refractivity contribution >= 4 is 23.4 Å². The Bertz CT molecular complexity index is 1140. The molecule has 1 fully saturated rings. The molecule has 0 bridgehead atoms. The predicted octanol–water partition coefficient (Wildman–Crippen LogP) is 7.10. The van der Waals surface area contributed by atoms with Gasteiger partial charge in [-0.05, 0) is 54.9 Å². The number of anilines is 1. The molecule has 0 atom stereocenters. The lowest BCUT2D eigenvalue weighted by molar-refractivity contribution is -0.113. The molecule has 1 aliphatic rings. The van der Waals surface area contributed by atoms with Crippen molar-refractivity contribution < 1.29 is 4.79 Å². The smallest absolute Gasteiger partial charge is 0.234 e. The van der Waals surface area contributed by atoms with Crippen molar-refractivity contribution in [3.63, 3.8) is 0 Å². The van der Waals surface area contributed by atoms with Gasteiger partial charge in [-0.2, -0.15) is 0 Å². The first-order chi connectivity index (χ1) is 16.2. The Balaban J connectivity index is 1.55. The van der Waals surface area contributed by atoms with Crippen LogP contribution in [0.15, 0.2) is 47.6 Å². The number of rotatable bonds is 6. The molecule has 1 N–H and O–H groups in total. The number of carbonyl (C=O) groups is 1. The Morgan fingerprint density at radius 1 is 1.03 bits per heavy atom. The molecule has 4 rings (SSSR count). The number of thioether (sulfide) groups is 1. The summed E-state index contributed by atoms with van der Waals surface area (Å²) in [5, 5.41) is 13.0. The SMILES string of the molecule is Cc1ccc(C)c(NC(=O)CSc2nnc(-c3ccc(C(C)(C)C)cc3)n2C2CCCCC2)c1. The van der Waals surface area contributed by atoms with Crippen LogP contribution in [0.2, 0.25) is 0 Å². The van der Waals surface area contributed by atoms with Gasteiger partial charge >= 0.3 is 0 Å². The Hall–Kier alpha value is -2.60. The van der Waals surface area contributed by atoms with E-state index < -0.39 is 0 Å². The minimum Gasteiger partial charge on any atom is -0.325 e. The summed E-state index contributed by atoms with van der Waals surface area (Å²) in [6.07, 6.45) is 6.00. The van der Waals surface area contributed by atoms with Crippen molar-refractivity contribution in [3.05, 3.63) is 59.2 Å². The molecule has 2 aromatic carbocycles. The first kappa shape index (κ1) is 24.5. The van der Waals surface area contributed by atoms with Crippen molar-refractivity contribution in [2.24, 2.45) is 0 Å². The van der Waals surface area contributed by atoms with E-state index in [0.717, 1.165) is 46.2 Å². The van der Waals surface area contributed by atoms with Gasteiger partial charge in [-0.1, -0.05) is 88.2 Å². The third kappa shape index (κ3) is 5.72. The molecule has 0 radical (unpaired) electrons. The highest BCUT2D eigenvalue weighted by Crippen LogP contribution is 2.36. The van der Waals surface area contributed by atoms with Gasteiger partial charge in [0.25, 0.3) is 0 Å². The molecule has 6 heteroatoms. The Labute approximate surface area is 207 Å². The number of carbonyl (C=O) groups excluding carboxylic acids is 1. The van der Waals surface area contributed by atoms with Gasteiger partial charge in [0.1, 0.15) is 0 Å². The minimum atomic E-state index is -0.0204. The zero-order valence-electron chi connectivity index (χ0n) is 21.0. The van der Waals surface area contributed by atoms with Crippen LogP contribution in [0.3, 0.4) is 0 Å². The maximum atomic E-state index is 12.8. The third-order valence-corrected chi connectivity index (χ3v) is 7.56. The molecule has 0 aliphatic heterocycles. The monoisotopic (exact) mass is 476 g/mol. The summed E-state index contributed by atoms with van der Waals surface area (Å²) >= 11 is 1.48. The summed E-state index contributed by atoms with van der Waals surface area (Å²) in [6, 6.07) is 15.2. The molecule has 0 saturated heterocycles. The van der Waals surface area contributed by atoms with Crippen molar-refractivity contribution in [1.29, 1.82) is 0 Å². The second-order valence-electron chi connectivity index (χ2n) is 10.5. The van der Waals surface area contributed by atoms with Crippen molar-refractivity contribution in [3.8, 4) is 11.4 Å². The largest absolute Gasteiger partial charge is 0.325 e. The number of nitrogens with one attached hydrogen (secondary N) is 1. The average molecular weight is 477 g/mol. The van der Waals surface area contributed by atoms with E-state index >= 15 is 0 Å². The number of amides is 1. The summed E-state index contributed by atoms with van der Waals surface area (Å²) in [7, 11) is 0. The Kier molecular flexibility index (Phi) is 7.46. The van der Waals surface area contributed by atoms with E-state index in [1.165, 1.54) is 36.6 Å². The summed E-state index contributed by atoms with van der Waals surface area (Å²) in [5.41, 5.74) is 5.57. The highest BCUT2D eigenvalue weighted by atomic mass is 32.2. The summed E-state index contributed by atoms with van der Waals surface area (Å²) in [6.45, 7) is 10.7. The average Bonchev–Trinajstić information content (AvgIpc) is 3.24. The molecule has 1 aliphatic carbocycles. The van der Waals surface area contributed by atoms with E-state index in [4.69, 9.17) is 0 Å². The topological polar surface area (TPSA) is 59.8 Å². The molecule has 0 unspecified atom stereocenters. The zero-order chi connectivity index (χ0) is 24.3. The highest BCUT2D eigenvalue weighted by molar-refractivity contribution is 7.99. The molecule has 5 nitrogen and oxygen atoms in total. The molecule has 1 heterocycles. The number of benzene rings is 2. The van der Waals surface area contributed by atoms with Crippen LogP contribution in [0, 0.1) is 13.8 Å². The molecule has 180 valence electrons. The lowest BCUT2D eigenvalue weighted by Gasteiger charge is -2.26. The van der Waals surface area contributed by atoms with Gasteiger partial charge in [-0.25, -0.2) is 0 Å². The molecule has 1 amide bonds. The maximum absolute atomic E-state index is 12.8. The highest BCUT2D eigenvalue weighted by Gasteiger charge is 2.25. The number of aromatic nitrogens is 3. The van der Waals surface area contributed by atoms with Gasteiger partial charge in [0.05, 0.1) is 5.75 Å². The second-order valence-corrected chi connectivity index (χ2v) is 11.4. The Morgan fingerprint density at radius 3 is 2.41 bits per heavy atom. The molecule has 1 aromatic heterocycles. The fourth-order valence-electron chi connectivity index (χ4n) is 4.55. The van der Waals surface area contributed by atoms with Crippen LogP contribution in [0.25, 0.3) is 11.4 Å². The number of nitrogens with zero attached hydrogens (tertiary/aromatic N) is 3. The molecule has 3 aromatic rings. The molecule has 34 heavy (non-hydrogen) atoms. The third-order valence-electron chi connectivity index (χ3n) is 6.61. The van der Waals surface area contributed by atoms with Gasteiger partial charge in [0.15, 0.2) is 11.0 Å². The van der Waals surface area contributed by atoms with Crippen LogP contribution in [0.4, 0.5) is 5.69 Å². The van der Waals surface area contributed by atoms with Crippen LogP contribution >= 0.6 is 11.8 Å². The van der Waals surface area contributed by atoms with E-state index in [-0.39, 0.29) is 11.3 Å². The lowest BCUT2D eigenvalue weighted by Crippen LogP contribution is -2.18. The number of hydrogen-bond donors (Lipinski definition) is 1. The number of hydrogen-bond acceptors (Lipinski definition) is 4. The molecular formula is C28H36N4OS. The van der Waals surface area contributed by atoms with Crippen LogP contribution in [-0.4, -0.2) is 26.4 Å². The fraction of sp³-hybridized carbons (Fsp3) is 0.464. The van der Waals surface area contributed by atoms with Crippen LogP contribution in [-0.2, 0) is 10.2 Å². The quantitative estimate of drug-likeness (QED) is 0.386. The van der Waals surface area contributed by atoms with Crippen molar-refractivity contribution in [2.75, 3.05) is 11.1 Å². The van der Waals surface area contributed by atoms with Crippen LogP contribution < -0.4 is 5.32 Å². The van der Waals surface area contributed by atoms with Crippen LogP contribution in [0.5, 0.6) is 0 Å². The van der Waals surface area contributed by atoms with E-state index in [2.05, 4.69) is 71.2 Å². The Morgan fingerprint density at radius 2 is 1.74 bits per heavy atom.